The van der Waals surface area contributed by atoms with Gasteiger partial charge in [0.15, 0.2) is 0 Å². The second kappa shape index (κ2) is 4.62. The van der Waals surface area contributed by atoms with Crippen molar-refractivity contribution in [3.8, 4) is 0 Å². The number of carbonyl (C=O) groups excluding carboxylic acids is 2. The highest BCUT2D eigenvalue weighted by molar-refractivity contribution is 5.97. The van der Waals surface area contributed by atoms with Gasteiger partial charge in [0.05, 0.1) is 17.3 Å². The van der Waals surface area contributed by atoms with E-state index in [0.29, 0.717) is 18.0 Å². The Morgan fingerprint density at radius 1 is 1.19 bits per heavy atom. The van der Waals surface area contributed by atoms with E-state index in [9.17, 15) is 9.59 Å². The zero-order chi connectivity index (χ0) is 14.4. The van der Waals surface area contributed by atoms with Gasteiger partial charge in [-0.2, -0.15) is 0 Å². The van der Waals surface area contributed by atoms with Gasteiger partial charge in [0.25, 0.3) is 0 Å². The number of hydrogen-bond acceptors (Lipinski definition) is 3. The molecule has 0 saturated heterocycles. The van der Waals surface area contributed by atoms with E-state index in [1.807, 2.05) is 30.3 Å². The van der Waals surface area contributed by atoms with Gasteiger partial charge in [0.2, 0.25) is 0 Å². The second-order valence-corrected chi connectivity index (χ2v) is 5.78. The molecule has 0 aromatic heterocycles. The van der Waals surface area contributed by atoms with Gasteiger partial charge in [0.1, 0.15) is 6.61 Å². The van der Waals surface area contributed by atoms with Crippen LogP contribution in [0, 0.1) is 5.92 Å². The number of amides is 2. The van der Waals surface area contributed by atoms with Crippen LogP contribution in [0.5, 0.6) is 0 Å². The third kappa shape index (κ3) is 2.09. The summed E-state index contributed by atoms with van der Waals surface area (Å²) in [5, 5.41) is 2.95. The van der Waals surface area contributed by atoms with Crippen molar-refractivity contribution in [2.45, 2.75) is 18.9 Å². The van der Waals surface area contributed by atoms with Crippen molar-refractivity contribution in [3.63, 3.8) is 0 Å². The minimum absolute atomic E-state index is 0.132. The number of cyclic esters (lactones) is 1. The summed E-state index contributed by atoms with van der Waals surface area (Å²) in [6.07, 6.45) is 2.31. The van der Waals surface area contributed by atoms with Crippen molar-refractivity contribution in [1.82, 2.24) is 10.2 Å². The molecule has 1 aromatic carbocycles. The van der Waals surface area contributed by atoms with Gasteiger partial charge in [-0.05, 0) is 24.3 Å². The summed E-state index contributed by atoms with van der Waals surface area (Å²) in [6, 6.07) is 9.01. The largest absolute Gasteiger partial charge is 0.456 e. The Balaban J connectivity index is 1.74. The molecule has 5 nitrogen and oxygen atoms in total. The van der Waals surface area contributed by atoms with Crippen LogP contribution in [0.25, 0.3) is 0 Å². The van der Waals surface area contributed by atoms with E-state index in [2.05, 4.69) is 5.32 Å². The number of rotatable bonds is 3. The van der Waals surface area contributed by atoms with Crippen LogP contribution in [0.1, 0.15) is 24.4 Å². The summed E-state index contributed by atoms with van der Waals surface area (Å²) >= 11 is 0. The Hall–Kier alpha value is -2.30. The molecule has 1 saturated carbocycles. The Morgan fingerprint density at radius 3 is 2.67 bits per heavy atom. The quantitative estimate of drug-likeness (QED) is 0.863. The van der Waals surface area contributed by atoms with Crippen molar-refractivity contribution in [1.29, 1.82) is 0 Å². The molecule has 0 unspecified atom stereocenters. The van der Waals surface area contributed by atoms with Gasteiger partial charge in [0, 0.05) is 6.54 Å². The SMILES string of the molecule is O=C1OCC2=C1[C@H](c1ccccc1)NC(=O)N2CC1CC1. The van der Waals surface area contributed by atoms with Crippen LogP contribution in [0.4, 0.5) is 4.79 Å². The fourth-order valence-electron chi connectivity index (χ4n) is 2.96. The minimum atomic E-state index is -0.404. The molecule has 3 aliphatic rings. The van der Waals surface area contributed by atoms with E-state index in [1.54, 1.807) is 4.90 Å². The lowest BCUT2D eigenvalue weighted by molar-refractivity contribution is -0.136. The van der Waals surface area contributed by atoms with Gasteiger partial charge in [-0.3, -0.25) is 4.90 Å². The van der Waals surface area contributed by atoms with Crippen LogP contribution in [0.3, 0.4) is 0 Å². The van der Waals surface area contributed by atoms with Crippen molar-refractivity contribution < 1.29 is 14.3 Å². The van der Waals surface area contributed by atoms with Crippen LogP contribution in [0.15, 0.2) is 41.6 Å². The van der Waals surface area contributed by atoms with Crippen LogP contribution >= 0.6 is 0 Å². The standard InChI is InChI=1S/C16H16N2O3/c19-15-13-12(9-21-15)18(8-10-6-7-10)16(20)17-14(13)11-4-2-1-3-5-11/h1-5,10,14H,6-9H2,(H,17,20)/t14-/m0/s1. The summed E-state index contributed by atoms with van der Waals surface area (Å²) in [4.78, 5) is 26.2. The molecule has 0 radical (unpaired) electrons. The van der Waals surface area contributed by atoms with E-state index in [-0.39, 0.29) is 18.6 Å². The molecular formula is C16H16N2O3. The zero-order valence-electron chi connectivity index (χ0n) is 11.5. The topological polar surface area (TPSA) is 58.6 Å². The molecule has 1 aliphatic carbocycles. The number of benzene rings is 1. The number of hydrogen-bond donors (Lipinski definition) is 1. The molecule has 2 aliphatic heterocycles. The summed E-state index contributed by atoms with van der Waals surface area (Å²) < 4.78 is 5.19. The predicted octanol–water partition coefficient (Wildman–Crippen LogP) is 1.97. The molecule has 4 rings (SSSR count). The number of ether oxygens (including phenoxy) is 1. The molecule has 21 heavy (non-hydrogen) atoms. The van der Waals surface area contributed by atoms with Gasteiger partial charge in [-0.1, -0.05) is 30.3 Å². The predicted molar refractivity (Wildman–Crippen MR) is 75.1 cm³/mol. The van der Waals surface area contributed by atoms with Crippen LogP contribution < -0.4 is 5.32 Å². The van der Waals surface area contributed by atoms with Crippen LogP contribution in [-0.2, 0) is 9.53 Å². The van der Waals surface area contributed by atoms with Crippen LogP contribution in [-0.4, -0.2) is 30.1 Å². The molecule has 1 N–H and O–H groups in total. The van der Waals surface area contributed by atoms with E-state index in [4.69, 9.17) is 4.74 Å². The highest BCUT2D eigenvalue weighted by atomic mass is 16.5. The third-order valence-corrected chi connectivity index (χ3v) is 4.27. The molecule has 1 atom stereocenters. The maximum atomic E-state index is 12.4. The first-order valence-electron chi connectivity index (χ1n) is 7.27. The van der Waals surface area contributed by atoms with E-state index < -0.39 is 6.04 Å². The van der Waals surface area contributed by atoms with E-state index >= 15 is 0 Å². The molecule has 1 fully saturated rings. The molecule has 2 heterocycles. The molecule has 1 aromatic rings. The monoisotopic (exact) mass is 284 g/mol. The minimum Gasteiger partial charge on any atom is -0.456 e. The molecule has 0 bridgehead atoms. The molecular weight excluding hydrogens is 268 g/mol. The average Bonchev–Trinajstić information content (AvgIpc) is 3.24. The summed E-state index contributed by atoms with van der Waals surface area (Å²) in [5.74, 6) is 0.244. The maximum Gasteiger partial charge on any atom is 0.338 e. The maximum absolute atomic E-state index is 12.4. The lowest BCUT2D eigenvalue weighted by atomic mass is 9.96. The normalized spacial score (nSPS) is 24.8. The van der Waals surface area contributed by atoms with Crippen molar-refractivity contribution in [2.75, 3.05) is 13.2 Å². The van der Waals surface area contributed by atoms with Crippen molar-refractivity contribution in [3.05, 3.63) is 47.2 Å². The van der Waals surface area contributed by atoms with Gasteiger partial charge >= 0.3 is 12.0 Å². The third-order valence-electron chi connectivity index (χ3n) is 4.27. The molecule has 5 heteroatoms. The van der Waals surface area contributed by atoms with Crippen molar-refractivity contribution in [2.24, 2.45) is 5.92 Å². The number of carbonyl (C=O) groups is 2. The lowest BCUT2D eigenvalue weighted by Gasteiger charge is -2.33. The number of nitrogens with zero attached hydrogens (tertiary/aromatic N) is 1. The first-order valence-corrected chi connectivity index (χ1v) is 7.27. The summed E-state index contributed by atoms with van der Waals surface area (Å²) in [7, 11) is 0. The highest BCUT2D eigenvalue weighted by Gasteiger charge is 2.43. The summed E-state index contributed by atoms with van der Waals surface area (Å²) in [6.45, 7) is 0.889. The smallest absolute Gasteiger partial charge is 0.338 e. The van der Waals surface area contributed by atoms with Gasteiger partial charge in [-0.25, -0.2) is 9.59 Å². The molecule has 0 spiro atoms. The average molecular weight is 284 g/mol. The Morgan fingerprint density at radius 2 is 1.95 bits per heavy atom. The van der Waals surface area contributed by atoms with Crippen molar-refractivity contribution >= 4 is 12.0 Å². The zero-order valence-corrected chi connectivity index (χ0v) is 11.5. The van der Waals surface area contributed by atoms with E-state index in [1.165, 1.54) is 0 Å². The molecule has 108 valence electrons. The number of nitrogens with one attached hydrogen (secondary N) is 1. The first-order chi connectivity index (χ1) is 10.2. The summed E-state index contributed by atoms with van der Waals surface area (Å²) in [5.41, 5.74) is 2.23. The van der Waals surface area contributed by atoms with Gasteiger partial charge < -0.3 is 10.1 Å². The fraction of sp³-hybridized carbons (Fsp3) is 0.375. The Kier molecular flexibility index (Phi) is 2.74. The highest BCUT2D eigenvalue weighted by Crippen LogP contribution is 2.38. The lowest BCUT2D eigenvalue weighted by Crippen LogP contribution is -2.47. The number of urea groups is 1. The molecule has 2 amide bonds. The Bertz CT molecular complexity index is 634. The van der Waals surface area contributed by atoms with Gasteiger partial charge in [-0.15, -0.1) is 0 Å². The first kappa shape index (κ1) is 12.4. The second-order valence-electron chi connectivity index (χ2n) is 5.78. The Labute approximate surface area is 122 Å². The van der Waals surface area contributed by atoms with Crippen LogP contribution in [0.2, 0.25) is 0 Å². The van der Waals surface area contributed by atoms with E-state index in [0.717, 1.165) is 24.1 Å². The number of esters is 1. The fourth-order valence-corrected chi connectivity index (χ4v) is 2.96.